The topological polar surface area (TPSA) is 55.0 Å². The van der Waals surface area contributed by atoms with Crippen LogP contribution in [0.25, 0.3) is 0 Å². The first-order chi connectivity index (χ1) is 8.49. The number of hydrogen-bond donors (Lipinski definition) is 1. The molecule has 4 nitrogen and oxygen atoms in total. The summed E-state index contributed by atoms with van der Waals surface area (Å²) in [7, 11) is 1.91. The summed E-state index contributed by atoms with van der Waals surface area (Å²) in [5, 5.41) is 0.191. The molecule has 0 spiro atoms. The van der Waals surface area contributed by atoms with Gasteiger partial charge in [0.05, 0.1) is 11.9 Å². The average molecular weight is 263 g/mol. The van der Waals surface area contributed by atoms with Crippen LogP contribution in [0, 0.1) is 13.8 Å². The molecule has 0 unspecified atom stereocenters. The van der Waals surface area contributed by atoms with E-state index >= 15 is 0 Å². The van der Waals surface area contributed by atoms with Crippen LogP contribution in [0.2, 0.25) is 5.28 Å². The molecule has 0 bridgehead atoms. The van der Waals surface area contributed by atoms with Gasteiger partial charge in [0.25, 0.3) is 0 Å². The molecule has 5 heteroatoms. The maximum absolute atomic E-state index is 5.88. The Morgan fingerprint density at radius 2 is 2.00 bits per heavy atom. The lowest BCUT2D eigenvalue weighted by Gasteiger charge is -2.22. The Kier molecular flexibility index (Phi) is 3.39. The van der Waals surface area contributed by atoms with Crippen LogP contribution in [0.15, 0.2) is 24.4 Å². The Hall–Kier alpha value is -1.81. The first kappa shape index (κ1) is 12.6. The third-order valence-corrected chi connectivity index (χ3v) is 2.98. The lowest BCUT2D eigenvalue weighted by Crippen LogP contribution is -2.15. The summed E-state index contributed by atoms with van der Waals surface area (Å²) in [5.74, 6) is 0.613. The summed E-state index contributed by atoms with van der Waals surface area (Å²) in [6.45, 7) is 4.12. The first-order valence-corrected chi connectivity index (χ1v) is 5.96. The molecule has 0 aliphatic carbocycles. The Labute approximate surface area is 111 Å². The minimum Gasteiger partial charge on any atom is -0.394 e. The van der Waals surface area contributed by atoms with E-state index in [4.69, 9.17) is 17.3 Å². The maximum Gasteiger partial charge on any atom is 0.224 e. The quantitative estimate of drug-likeness (QED) is 0.845. The van der Waals surface area contributed by atoms with E-state index in [-0.39, 0.29) is 5.28 Å². The highest BCUT2D eigenvalue weighted by molar-refractivity contribution is 6.28. The Balaban J connectivity index is 2.47. The van der Waals surface area contributed by atoms with Crippen molar-refractivity contribution in [1.82, 2.24) is 9.97 Å². The number of anilines is 3. The van der Waals surface area contributed by atoms with Gasteiger partial charge >= 0.3 is 0 Å². The monoisotopic (exact) mass is 262 g/mol. The van der Waals surface area contributed by atoms with Crippen LogP contribution in [0.5, 0.6) is 0 Å². The van der Waals surface area contributed by atoms with Gasteiger partial charge in [-0.2, -0.15) is 4.98 Å². The van der Waals surface area contributed by atoms with Crippen LogP contribution in [0.4, 0.5) is 17.2 Å². The van der Waals surface area contributed by atoms with Crippen LogP contribution in [0.1, 0.15) is 11.1 Å². The number of nitrogens with two attached hydrogens (primary N) is 1. The van der Waals surface area contributed by atoms with Crippen LogP contribution in [-0.2, 0) is 0 Å². The van der Waals surface area contributed by atoms with Crippen molar-refractivity contribution in [2.24, 2.45) is 0 Å². The van der Waals surface area contributed by atoms with Gasteiger partial charge in [-0.05, 0) is 37.1 Å². The molecule has 1 aromatic heterocycles. The zero-order valence-corrected chi connectivity index (χ0v) is 11.4. The van der Waals surface area contributed by atoms with Gasteiger partial charge in [0, 0.05) is 12.7 Å². The summed E-state index contributed by atoms with van der Waals surface area (Å²) >= 11 is 5.81. The number of nitrogen functional groups attached to an aromatic ring is 1. The number of aromatic nitrogens is 2. The molecular formula is C13H15ClN4. The molecular weight excluding hydrogens is 248 g/mol. The molecule has 0 atom stereocenters. The SMILES string of the molecule is Cc1ccc(N(C)c2nc(Cl)ncc2N)c(C)c1. The van der Waals surface area contributed by atoms with Gasteiger partial charge in [0.15, 0.2) is 5.82 Å². The normalized spacial score (nSPS) is 10.4. The van der Waals surface area contributed by atoms with E-state index in [1.807, 2.05) is 18.0 Å². The predicted octanol–water partition coefficient (Wildman–Crippen LogP) is 3.10. The van der Waals surface area contributed by atoms with Gasteiger partial charge in [0.2, 0.25) is 5.28 Å². The molecule has 0 radical (unpaired) electrons. The van der Waals surface area contributed by atoms with Gasteiger partial charge in [-0.3, -0.25) is 0 Å². The molecule has 1 aromatic carbocycles. The fourth-order valence-electron chi connectivity index (χ4n) is 1.93. The summed E-state index contributed by atoms with van der Waals surface area (Å²) in [4.78, 5) is 9.94. The minimum absolute atomic E-state index is 0.191. The summed E-state index contributed by atoms with van der Waals surface area (Å²) < 4.78 is 0. The third kappa shape index (κ3) is 2.38. The molecule has 2 aromatic rings. The van der Waals surface area contributed by atoms with Gasteiger partial charge in [-0.1, -0.05) is 17.7 Å². The van der Waals surface area contributed by atoms with Crippen LogP contribution in [-0.4, -0.2) is 17.0 Å². The molecule has 94 valence electrons. The number of hydrogen-bond acceptors (Lipinski definition) is 4. The van der Waals surface area contributed by atoms with E-state index in [1.54, 1.807) is 0 Å². The Bertz CT molecular complexity index is 583. The molecule has 0 aliphatic rings. The molecule has 0 saturated carbocycles. The van der Waals surface area contributed by atoms with Crippen molar-refractivity contribution >= 4 is 28.8 Å². The largest absolute Gasteiger partial charge is 0.394 e. The zero-order chi connectivity index (χ0) is 13.3. The van der Waals surface area contributed by atoms with Crippen molar-refractivity contribution in [2.75, 3.05) is 17.7 Å². The second-order valence-electron chi connectivity index (χ2n) is 4.27. The lowest BCUT2D eigenvalue weighted by molar-refractivity contribution is 1.08. The smallest absolute Gasteiger partial charge is 0.224 e. The van der Waals surface area contributed by atoms with Gasteiger partial charge < -0.3 is 10.6 Å². The van der Waals surface area contributed by atoms with E-state index in [1.165, 1.54) is 11.8 Å². The number of nitrogens with zero attached hydrogens (tertiary/aromatic N) is 3. The number of halogens is 1. The van der Waals surface area contributed by atoms with Gasteiger partial charge in [-0.25, -0.2) is 4.98 Å². The molecule has 1 heterocycles. The lowest BCUT2D eigenvalue weighted by atomic mass is 10.1. The molecule has 2 rings (SSSR count). The van der Waals surface area contributed by atoms with Crippen molar-refractivity contribution < 1.29 is 0 Å². The molecule has 2 N–H and O–H groups in total. The second-order valence-corrected chi connectivity index (χ2v) is 4.61. The van der Waals surface area contributed by atoms with Crippen molar-refractivity contribution in [2.45, 2.75) is 13.8 Å². The summed E-state index contributed by atoms with van der Waals surface area (Å²) in [6.07, 6.45) is 1.52. The summed E-state index contributed by atoms with van der Waals surface area (Å²) in [5.41, 5.74) is 9.81. The second kappa shape index (κ2) is 4.82. The van der Waals surface area contributed by atoms with Crippen molar-refractivity contribution in [3.05, 3.63) is 40.8 Å². The standard InChI is InChI=1S/C13H15ClN4/c1-8-4-5-11(9(2)6-8)18(3)12-10(15)7-16-13(14)17-12/h4-7H,15H2,1-3H3. The Morgan fingerprint density at radius 3 is 2.67 bits per heavy atom. The van der Waals surface area contributed by atoms with Crippen molar-refractivity contribution in [3.63, 3.8) is 0 Å². The molecule has 18 heavy (non-hydrogen) atoms. The van der Waals surface area contributed by atoms with E-state index in [0.717, 1.165) is 11.3 Å². The minimum atomic E-state index is 0.191. The first-order valence-electron chi connectivity index (χ1n) is 5.58. The molecule has 0 amide bonds. The maximum atomic E-state index is 5.88. The van der Waals surface area contributed by atoms with Crippen molar-refractivity contribution in [1.29, 1.82) is 0 Å². The highest BCUT2D eigenvalue weighted by Gasteiger charge is 2.12. The van der Waals surface area contributed by atoms with Crippen LogP contribution < -0.4 is 10.6 Å². The van der Waals surface area contributed by atoms with Crippen LogP contribution in [0.3, 0.4) is 0 Å². The Morgan fingerprint density at radius 1 is 1.28 bits per heavy atom. The van der Waals surface area contributed by atoms with Crippen molar-refractivity contribution in [3.8, 4) is 0 Å². The highest BCUT2D eigenvalue weighted by Crippen LogP contribution is 2.29. The van der Waals surface area contributed by atoms with E-state index < -0.39 is 0 Å². The zero-order valence-electron chi connectivity index (χ0n) is 10.6. The summed E-state index contributed by atoms with van der Waals surface area (Å²) in [6, 6.07) is 6.21. The fourth-order valence-corrected chi connectivity index (χ4v) is 2.05. The molecule has 0 saturated heterocycles. The third-order valence-electron chi connectivity index (χ3n) is 2.80. The van der Waals surface area contributed by atoms with Gasteiger partial charge in [0.1, 0.15) is 0 Å². The fraction of sp³-hybridized carbons (Fsp3) is 0.231. The van der Waals surface area contributed by atoms with Crippen LogP contribution >= 0.6 is 11.6 Å². The number of aryl methyl sites for hydroxylation is 2. The number of benzene rings is 1. The predicted molar refractivity (Wildman–Crippen MR) is 75.4 cm³/mol. The van der Waals surface area contributed by atoms with E-state index in [2.05, 4.69) is 35.9 Å². The molecule has 0 aliphatic heterocycles. The average Bonchev–Trinajstić information content (AvgIpc) is 2.31. The number of rotatable bonds is 2. The van der Waals surface area contributed by atoms with Gasteiger partial charge in [-0.15, -0.1) is 0 Å². The van der Waals surface area contributed by atoms with E-state index in [9.17, 15) is 0 Å². The molecule has 0 fully saturated rings. The van der Waals surface area contributed by atoms with E-state index in [0.29, 0.717) is 11.5 Å². The highest BCUT2D eigenvalue weighted by atomic mass is 35.5.